The molecule has 1 aromatic carbocycles. The van der Waals surface area contributed by atoms with Gasteiger partial charge in [-0.15, -0.1) is 0 Å². The molecule has 0 aliphatic rings. The zero-order valence-corrected chi connectivity index (χ0v) is 11.9. The second-order valence-corrected chi connectivity index (χ2v) is 4.52. The molecule has 1 atom stereocenters. The molecule has 0 bridgehead atoms. The molecule has 100 valence electrons. The van der Waals surface area contributed by atoms with Crippen molar-refractivity contribution in [2.75, 3.05) is 13.2 Å². The summed E-state index contributed by atoms with van der Waals surface area (Å²) in [6.45, 7) is 4.87. The zero-order chi connectivity index (χ0) is 13.5. The van der Waals surface area contributed by atoms with Crippen LogP contribution >= 0.6 is 23.2 Å². The first-order valence-electron chi connectivity index (χ1n) is 5.68. The van der Waals surface area contributed by atoms with Crippen LogP contribution in [-0.4, -0.2) is 13.2 Å². The third kappa shape index (κ3) is 4.48. The minimum Gasteiger partial charge on any atom is -0.485 e. The summed E-state index contributed by atoms with van der Waals surface area (Å²) in [6, 6.07) is 4.98. The van der Waals surface area contributed by atoms with Crippen LogP contribution in [0.1, 0.15) is 25.5 Å². The molecule has 0 saturated carbocycles. The maximum absolute atomic E-state index is 13.8. The molecular formula is C13H16Cl2FNO. The monoisotopic (exact) mass is 291 g/mol. The molecule has 0 amide bonds. The van der Waals surface area contributed by atoms with E-state index in [1.807, 2.05) is 19.9 Å². The van der Waals surface area contributed by atoms with Crippen molar-refractivity contribution < 1.29 is 9.13 Å². The third-order valence-electron chi connectivity index (χ3n) is 2.45. The van der Waals surface area contributed by atoms with E-state index >= 15 is 0 Å². The Morgan fingerprint density at radius 2 is 2.28 bits per heavy atom. The van der Waals surface area contributed by atoms with E-state index in [9.17, 15) is 4.39 Å². The van der Waals surface area contributed by atoms with Crippen LogP contribution in [0.2, 0.25) is 0 Å². The van der Waals surface area contributed by atoms with Crippen molar-refractivity contribution in [3.63, 3.8) is 0 Å². The summed E-state index contributed by atoms with van der Waals surface area (Å²) in [5.74, 6) is -0.240. The second kappa shape index (κ2) is 7.62. The van der Waals surface area contributed by atoms with Gasteiger partial charge in [0, 0.05) is 11.6 Å². The number of nitrogens with one attached hydrogen (secondary N) is 1. The minimum atomic E-state index is -0.406. The maximum Gasteiger partial charge on any atom is 0.165 e. The van der Waals surface area contributed by atoms with Crippen LogP contribution in [-0.2, 0) is 0 Å². The molecule has 1 unspecified atom stereocenters. The van der Waals surface area contributed by atoms with Gasteiger partial charge < -0.3 is 10.1 Å². The van der Waals surface area contributed by atoms with Crippen molar-refractivity contribution >= 4 is 23.2 Å². The molecule has 0 heterocycles. The van der Waals surface area contributed by atoms with E-state index in [1.54, 1.807) is 6.07 Å². The van der Waals surface area contributed by atoms with Crippen LogP contribution < -0.4 is 10.1 Å². The van der Waals surface area contributed by atoms with Crippen LogP contribution in [0.15, 0.2) is 28.8 Å². The fourth-order valence-corrected chi connectivity index (χ4v) is 1.62. The lowest BCUT2D eigenvalue weighted by molar-refractivity contribution is 0.338. The zero-order valence-electron chi connectivity index (χ0n) is 10.3. The Morgan fingerprint density at radius 3 is 2.83 bits per heavy atom. The Kier molecular flexibility index (Phi) is 6.47. The van der Waals surface area contributed by atoms with Gasteiger partial charge in [0.2, 0.25) is 0 Å². The van der Waals surface area contributed by atoms with E-state index in [4.69, 9.17) is 27.9 Å². The molecule has 1 N–H and O–H groups in total. The van der Waals surface area contributed by atoms with Crippen molar-refractivity contribution in [3.05, 3.63) is 40.1 Å². The third-order valence-corrected chi connectivity index (χ3v) is 3.04. The Hall–Kier alpha value is -0.770. The van der Waals surface area contributed by atoms with Crippen molar-refractivity contribution in [1.29, 1.82) is 0 Å². The number of rotatable bonds is 6. The van der Waals surface area contributed by atoms with Gasteiger partial charge in [-0.05, 0) is 31.2 Å². The van der Waals surface area contributed by atoms with E-state index in [-0.39, 0.29) is 18.4 Å². The molecule has 0 aromatic heterocycles. The summed E-state index contributed by atoms with van der Waals surface area (Å²) >= 11 is 11.0. The summed E-state index contributed by atoms with van der Waals surface area (Å²) in [6.07, 6.45) is 0. The highest BCUT2D eigenvalue weighted by atomic mass is 35.5. The fraction of sp³-hybridized carbons (Fsp3) is 0.385. The molecule has 0 radical (unpaired) electrons. The molecule has 0 saturated heterocycles. The molecule has 0 fully saturated rings. The molecule has 0 aliphatic heterocycles. The predicted molar refractivity (Wildman–Crippen MR) is 73.8 cm³/mol. The van der Waals surface area contributed by atoms with E-state index in [0.717, 1.165) is 12.1 Å². The number of hydrogen-bond acceptors (Lipinski definition) is 2. The Bertz CT molecular complexity index is 423. The van der Waals surface area contributed by atoms with Crippen molar-refractivity contribution in [2.24, 2.45) is 0 Å². The van der Waals surface area contributed by atoms with Crippen LogP contribution in [0.25, 0.3) is 0 Å². The van der Waals surface area contributed by atoms with Gasteiger partial charge in [0.1, 0.15) is 6.61 Å². The van der Waals surface area contributed by atoms with Gasteiger partial charge in [-0.1, -0.05) is 36.2 Å². The quantitative estimate of drug-likeness (QED) is 0.848. The first kappa shape index (κ1) is 15.3. The predicted octanol–water partition coefficient (Wildman–Crippen LogP) is 4.19. The number of benzene rings is 1. The summed E-state index contributed by atoms with van der Waals surface area (Å²) < 4.78 is 19.0. The molecule has 0 aliphatic carbocycles. The molecule has 0 spiro atoms. The topological polar surface area (TPSA) is 21.3 Å². The SMILES string of the molecule is CCNC(C)c1ccc(OC/C(Cl)=C/Cl)c(F)c1. The smallest absolute Gasteiger partial charge is 0.165 e. The Morgan fingerprint density at radius 1 is 1.56 bits per heavy atom. The first-order valence-corrected chi connectivity index (χ1v) is 6.50. The highest BCUT2D eigenvalue weighted by molar-refractivity contribution is 6.36. The molecule has 18 heavy (non-hydrogen) atoms. The van der Waals surface area contributed by atoms with Crippen LogP contribution in [0.5, 0.6) is 5.75 Å². The summed E-state index contributed by atoms with van der Waals surface area (Å²) in [5.41, 5.74) is 2.07. The van der Waals surface area contributed by atoms with Crippen LogP contribution in [0.3, 0.4) is 0 Å². The largest absolute Gasteiger partial charge is 0.485 e. The summed E-state index contributed by atoms with van der Waals surface area (Å²) in [5, 5.41) is 3.53. The highest BCUT2D eigenvalue weighted by Gasteiger charge is 2.09. The standard InChI is InChI=1S/C13H16Cl2FNO/c1-3-17-9(2)10-4-5-13(12(16)6-10)18-8-11(15)7-14/h4-7,9,17H,3,8H2,1-2H3/b11-7-. The Balaban J connectivity index is 2.73. The van der Waals surface area contributed by atoms with Gasteiger partial charge in [-0.25, -0.2) is 4.39 Å². The lowest BCUT2D eigenvalue weighted by Gasteiger charge is -2.14. The first-order chi connectivity index (χ1) is 8.58. The van der Waals surface area contributed by atoms with E-state index in [1.165, 1.54) is 11.6 Å². The lowest BCUT2D eigenvalue weighted by atomic mass is 10.1. The van der Waals surface area contributed by atoms with E-state index in [0.29, 0.717) is 5.03 Å². The van der Waals surface area contributed by atoms with E-state index < -0.39 is 5.82 Å². The Labute approximate surface area is 117 Å². The minimum absolute atomic E-state index is 0.0596. The van der Waals surface area contributed by atoms with Crippen molar-refractivity contribution in [2.45, 2.75) is 19.9 Å². The second-order valence-electron chi connectivity index (χ2n) is 3.81. The van der Waals surface area contributed by atoms with Crippen molar-refractivity contribution in [3.8, 4) is 5.75 Å². The molecular weight excluding hydrogens is 276 g/mol. The van der Waals surface area contributed by atoms with Gasteiger partial charge in [0.15, 0.2) is 11.6 Å². The van der Waals surface area contributed by atoms with Gasteiger partial charge in [0.25, 0.3) is 0 Å². The van der Waals surface area contributed by atoms with Gasteiger partial charge >= 0.3 is 0 Å². The molecule has 1 aromatic rings. The molecule has 2 nitrogen and oxygen atoms in total. The summed E-state index contributed by atoms with van der Waals surface area (Å²) in [7, 11) is 0. The van der Waals surface area contributed by atoms with Gasteiger partial charge in [0.05, 0.1) is 5.03 Å². The normalized spacial score (nSPS) is 13.5. The van der Waals surface area contributed by atoms with Crippen molar-refractivity contribution in [1.82, 2.24) is 5.32 Å². The lowest BCUT2D eigenvalue weighted by Crippen LogP contribution is -2.17. The average molecular weight is 292 g/mol. The number of ether oxygens (including phenoxy) is 1. The molecule has 1 rings (SSSR count). The number of halogens is 3. The van der Waals surface area contributed by atoms with Crippen LogP contribution in [0, 0.1) is 5.82 Å². The highest BCUT2D eigenvalue weighted by Crippen LogP contribution is 2.22. The van der Waals surface area contributed by atoms with Gasteiger partial charge in [-0.2, -0.15) is 0 Å². The van der Waals surface area contributed by atoms with Crippen LogP contribution in [0.4, 0.5) is 4.39 Å². The number of hydrogen-bond donors (Lipinski definition) is 1. The van der Waals surface area contributed by atoms with E-state index in [2.05, 4.69) is 5.32 Å². The molecule has 5 heteroatoms. The maximum atomic E-state index is 13.8. The van der Waals surface area contributed by atoms with Gasteiger partial charge in [-0.3, -0.25) is 0 Å². The summed E-state index contributed by atoms with van der Waals surface area (Å²) in [4.78, 5) is 0. The average Bonchev–Trinajstić information content (AvgIpc) is 2.37. The fourth-order valence-electron chi connectivity index (χ4n) is 1.51.